The number of anilines is 1. The first-order chi connectivity index (χ1) is 9.61. The summed E-state index contributed by atoms with van der Waals surface area (Å²) in [5.74, 6) is 0.778. The Kier molecular flexibility index (Phi) is 3.66. The predicted molar refractivity (Wildman–Crippen MR) is 81.9 cm³/mol. The SMILES string of the molecule is Cc1cc(NCC2Cc3cc(Br)ccc3O2)ccc1F. The summed E-state index contributed by atoms with van der Waals surface area (Å²) in [5, 5.41) is 3.30. The maximum Gasteiger partial charge on any atom is 0.126 e. The number of fused-ring (bicyclic) bond motifs is 1. The van der Waals surface area contributed by atoms with Crippen molar-refractivity contribution in [1.29, 1.82) is 0 Å². The highest BCUT2D eigenvalue weighted by atomic mass is 79.9. The van der Waals surface area contributed by atoms with Gasteiger partial charge in [-0.2, -0.15) is 0 Å². The van der Waals surface area contributed by atoms with Gasteiger partial charge in [-0.15, -0.1) is 0 Å². The van der Waals surface area contributed by atoms with E-state index in [2.05, 4.69) is 27.3 Å². The second-order valence-electron chi connectivity index (χ2n) is 5.04. The zero-order valence-electron chi connectivity index (χ0n) is 11.1. The molecule has 3 rings (SSSR count). The van der Waals surface area contributed by atoms with Gasteiger partial charge in [0.05, 0.1) is 6.54 Å². The number of nitrogens with one attached hydrogen (secondary N) is 1. The van der Waals surface area contributed by atoms with Crippen LogP contribution in [0.25, 0.3) is 0 Å². The summed E-state index contributed by atoms with van der Waals surface area (Å²) in [4.78, 5) is 0. The van der Waals surface area contributed by atoms with Crippen LogP contribution in [0, 0.1) is 12.7 Å². The third-order valence-corrected chi connectivity index (χ3v) is 3.95. The lowest BCUT2D eigenvalue weighted by Gasteiger charge is -2.13. The van der Waals surface area contributed by atoms with Crippen LogP contribution in [-0.4, -0.2) is 12.6 Å². The molecule has 104 valence electrons. The standard InChI is InChI=1S/C16H15BrFNO/c1-10-6-13(3-4-15(10)18)19-9-14-8-11-7-12(17)2-5-16(11)20-14/h2-7,14,19H,8-9H2,1H3. The van der Waals surface area contributed by atoms with Gasteiger partial charge in [0, 0.05) is 16.6 Å². The monoisotopic (exact) mass is 335 g/mol. The second-order valence-corrected chi connectivity index (χ2v) is 5.96. The Morgan fingerprint density at radius 1 is 1.30 bits per heavy atom. The molecule has 0 spiro atoms. The molecule has 1 aliphatic rings. The summed E-state index contributed by atoms with van der Waals surface area (Å²) in [6.45, 7) is 2.47. The number of benzene rings is 2. The molecule has 0 saturated heterocycles. The topological polar surface area (TPSA) is 21.3 Å². The Morgan fingerprint density at radius 3 is 2.95 bits per heavy atom. The largest absolute Gasteiger partial charge is 0.488 e. The Balaban J connectivity index is 1.62. The van der Waals surface area contributed by atoms with Crippen molar-refractivity contribution in [2.75, 3.05) is 11.9 Å². The van der Waals surface area contributed by atoms with Crippen molar-refractivity contribution >= 4 is 21.6 Å². The lowest BCUT2D eigenvalue weighted by atomic mass is 10.1. The molecule has 1 heterocycles. The summed E-state index contributed by atoms with van der Waals surface area (Å²) < 4.78 is 20.2. The Bertz CT molecular complexity index is 644. The molecule has 0 aromatic heterocycles. The lowest BCUT2D eigenvalue weighted by Crippen LogP contribution is -2.23. The van der Waals surface area contributed by atoms with E-state index >= 15 is 0 Å². The van der Waals surface area contributed by atoms with Gasteiger partial charge in [-0.1, -0.05) is 15.9 Å². The molecule has 1 aliphatic heterocycles. The van der Waals surface area contributed by atoms with E-state index in [0.717, 1.165) is 22.3 Å². The van der Waals surface area contributed by atoms with Crippen molar-refractivity contribution in [2.24, 2.45) is 0 Å². The van der Waals surface area contributed by atoms with Crippen LogP contribution in [-0.2, 0) is 6.42 Å². The molecule has 1 unspecified atom stereocenters. The summed E-state index contributed by atoms with van der Waals surface area (Å²) in [5.41, 5.74) is 2.79. The fourth-order valence-corrected chi connectivity index (χ4v) is 2.80. The summed E-state index contributed by atoms with van der Waals surface area (Å²) in [7, 11) is 0. The Labute approximate surface area is 126 Å². The predicted octanol–water partition coefficient (Wildman–Crippen LogP) is 4.31. The summed E-state index contributed by atoms with van der Waals surface area (Å²) in [6.07, 6.45) is 1.01. The first kappa shape index (κ1) is 13.4. The molecule has 4 heteroatoms. The third-order valence-electron chi connectivity index (χ3n) is 3.46. The number of rotatable bonds is 3. The van der Waals surface area contributed by atoms with Gasteiger partial charge in [-0.25, -0.2) is 4.39 Å². The minimum atomic E-state index is -0.176. The van der Waals surface area contributed by atoms with Crippen molar-refractivity contribution in [1.82, 2.24) is 0 Å². The molecule has 2 aromatic carbocycles. The van der Waals surface area contributed by atoms with Crippen LogP contribution in [0.4, 0.5) is 10.1 Å². The van der Waals surface area contributed by atoms with Crippen LogP contribution >= 0.6 is 15.9 Å². The molecule has 2 aromatic rings. The van der Waals surface area contributed by atoms with E-state index in [9.17, 15) is 4.39 Å². The highest BCUT2D eigenvalue weighted by Gasteiger charge is 2.22. The van der Waals surface area contributed by atoms with Crippen LogP contribution in [0.15, 0.2) is 40.9 Å². The van der Waals surface area contributed by atoms with E-state index in [4.69, 9.17) is 4.74 Å². The minimum Gasteiger partial charge on any atom is -0.488 e. The van der Waals surface area contributed by atoms with Crippen LogP contribution < -0.4 is 10.1 Å². The van der Waals surface area contributed by atoms with Crippen molar-refractivity contribution in [2.45, 2.75) is 19.4 Å². The van der Waals surface area contributed by atoms with Crippen molar-refractivity contribution in [3.05, 3.63) is 57.8 Å². The van der Waals surface area contributed by atoms with E-state index in [1.807, 2.05) is 18.2 Å². The van der Waals surface area contributed by atoms with Crippen LogP contribution in [0.5, 0.6) is 5.75 Å². The van der Waals surface area contributed by atoms with E-state index in [-0.39, 0.29) is 11.9 Å². The Hall–Kier alpha value is -1.55. The van der Waals surface area contributed by atoms with Gasteiger partial charge in [-0.3, -0.25) is 0 Å². The molecule has 1 N–H and O–H groups in total. The fraction of sp³-hybridized carbons (Fsp3) is 0.250. The highest BCUT2D eigenvalue weighted by molar-refractivity contribution is 9.10. The maximum atomic E-state index is 13.2. The van der Waals surface area contributed by atoms with Crippen molar-refractivity contribution < 1.29 is 9.13 Å². The van der Waals surface area contributed by atoms with Gasteiger partial charge in [0.1, 0.15) is 17.7 Å². The van der Waals surface area contributed by atoms with Gasteiger partial charge < -0.3 is 10.1 Å². The first-order valence-corrected chi connectivity index (χ1v) is 7.36. The van der Waals surface area contributed by atoms with Gasteiger partial charge in [-0.05, 0) is 54.4 Å². The molecule has 0 fully saturated rings. The Morgan fingerprint density at radius 2 is 2.15 bits per heavy atom. The number of hydrogen-bond acceptors (Lipinski definition) is 2. The minimum absolute atomic E-state index is 0.115. The average molecular weight is 336 g/mol. The molecule has 0 radical (unpaired) electrons. The zero-order valence-corrected chi connectivity index (χ0v) is 12.7. The van der Waals surface area contributed by atoms with Crippen LogP contribution in [0.3, 0.4) is 0 Å². The highest BCUT2D eigenvalue weighted by Crippen LogP contribution is 2.31. The molecule has 0 bridgehead atoms. The van der Waals surface area contributed by atoms with Crippen molar-refractivity contribution in [3.8, 4) is 5.75 Å². The summed E-state index contributed by atoms with van der Waals surface area (Å²) in [6, 6.07) is 11.1. The van der Waals surface area contributed by atoms with E-state index in [1.54, 1.807) is 13.0 Å². The van der Waals surface area contributed by atoms with E-state index in [0.29, 0.717) is 12.1 Å². The number of ether oxygens (including phenoxy) is 1. The molecular weight excluding hydrogens is 321 g/mol. The molecule has 0 aliphatic carbocycles. The van der Waals surface area contributed by atoms with Gasteiger partial charge in [0.15, 0.2) is 0 Å². The van der Waals surface area contributed by atoms with Gasteiger partial charge >= 0.3 is 0 Å². The van der Waals surface area contributed by atoms with Crippen LogP contribution in [0.1, 0.15) is 11.1 Å². The number of halogens is 2. The molecule has 0 amide bonds. The lowest BCUT2D eigenvalue weighted by molar-refractivity contribution is 0.246. The first-order valence-electron chi connectivity index (χ1n) is 6.57. The van der Waals surface area contributed by atoms with Gasteiger partial charge in [0.25, 0.3) is 0 Å². The van der Waals surface area contributed by atoms with E-state index in [1.165, 1.54) is 11.6 Å². The maximum absolute atomic E-state index is 13.2. The summed E-state index contributed by atoms with van der Waals surface area (Å²) >= 11 is 3.47. The smallest absolute Gasteiger partial charge is 0.126 e. The zero-order chi connectivity index (χ0) is 14.1. The molecule has 1 atom stereocenters. The normalized spacial score (nSPS) is 16.6. The molecule has 2 nitrogen and oxygen atoms in total. The molecular formula is C16H15BrFNO. The second kappa shape index (κ2) is 5.44. The average Bonchev–Trinajstić information content (AvgIpc) is 2.82. The number of hydrogen-bond donors (Lipinski definition) is 1. The third kappa shape index (κ3) is 2.80. The number of aryl methyl sites for hydroxylation is 1. The molecule has 0 saturated carbocycles. The quantitative estimate of drug-likeness (QED) is 0.902. The fourth-order valence-electron chi connectivity index (χ4n) is 2.39. The molecule has 20 heavy (non-hydrogen) atoms. The van der Waals surface area contributed by atoms with Crippen molar-refractivity contribution in [3.63, 3.8) is 0 Å². The van der Waals surface area contributed by atoms with Gasteiger partial charge in [0.2, 0.25) is 0 Å². The van der Waals surface area contributed by atoms with Crippen LogP contribution in [0.2, 0.25) is 0 Å². The van der Waals surface area contributed by atoms with E-state index < -0.39 is 0 Å².